The Morgan fingerprint density at radius 1 is 0.522 bits per heavy atom. The van der Waals surface area contributed by atoms with Crippen LogP contribution in [-0.2, 0) is 5.41 Å². The number of allylic oxidation sites excluding steroid dienone is 6. The predicted octanol–water partition coefficient (Wildman–Crippen LogP) is 16.8. The highest BCUT2D eigenvalue weighted by atomic mass is 14.9. The van der Waals surface area contributed by atoms with Crippen LogP contribution in [0, 0.1) is 12.3 Å². The van der Waals surface area contributed by atoms with Gasteiger partial charge in [-0.25, -0.2) is 0 Å². The molecule has 1 aliphatic carbocycles. The summed E-state index contributed by atoms with van der Waals surface area (Å²) >= 11 is 0. The molecule has 0 fully saturated rings. The zero-order valence-corrected chi connectivity index (χ0v) is 38.8. The highest BCUT2D eigenvalue weighted by Crippen LogP contribution is 2.59. The highest BCUT2D eigenvalue weighted by Gasteiger charge is 2.48. The van der Waals surface area contributed by atoms with Crippen LogP contribution in [-0.4, -0.2) is 5.71 Å². The van der Waals surface area contributed by atoms with Gasteiger partial charge in [-0.15, -0.1) is 0 Å². The molecule has 3 heteroatoms. The summed E-state index contributed by atoms with van der Waals surface area (Å²) in [6, 6.07) is 74.9. The number of hydrogen-bond acceptors (Lipinski definition) is 3. The van der Waals surface area contributed by atoms with E-state index in [1.54, 1.807) is 6.08 Å². The molecule has 1 aliphatic heterocycles. The van der Waals surface area contributed by atoms with Gasteiger partial charge in [0, 0.05) is 28.2 Å². The molecule has 0 aromatic heterocycles. The van der Waals surface area contributed by atoms with Gasteiger partial charge in [-0.2, -0.15) is 0 Å². The molecule has 0 saturated carbocycles. The van der Waals surface area contributed by atoms with Crippen molar-refractivity contribution in [3.8, 4) is 22.3 Å². The fraction of sp³-hybridized carbons (Fsp3) is 0.0455. The third-order valence-corrected chi connectivity index (χ3v) is 14.0. The number of fused-ring (bicyclic) bond motifs is 14. The number of nitrogens with two attached hydrogens (primary N) is 1. The summed E-state index contributed by atoms with van der Waals surface area (Å²) in [5.41, 5.74) is 22.7. The van der Waals surface area contributed by atoms with E-state index >= 15 is 0 Å². The van der Waals surface area contributed by atoms with E-state index in [0.717, 1.165) is 78.2 Å². The summed E-state index contributed by atoms with van der Waals surface area (Å²) in [7, 11) is 0. The van der Waals surface area contributed by atoms with Gasteiger partial charge in [0.05, 0.1) is 11.1 Å². The zero-order valence-electron chi connectivity index (χ0n) is 38.8. The molecule has 0 bridgehead atoms. The van der Waals surface area contributed by atoms with E-state index in [2.05, 4.69) is 201 Å². The first-order valence-electron chi connectivity index (χ1n) is 23.6. The lowest BCUT2D eigenvalue weighted by Gasteiger charge is -2.36. The summed E-state index contributed by atoms with van der Waals surface area (Å²) in [6.07, 6.45) is 8.27. The molecule has 1 heterocycles. The van der Waals surface area contributed by atoms with Gasteiger partial charge in [0.25, 0.3) is 0 Å². The summed E-state index contributed by atoms with van der Waals surface area (Å²) in [5.74, 6) is 0. The Morgan fingerprint density at radius 3 is 1.78 bits per heavy atom. The largest absolute Gasteiger partial charge is 0.398 e. The smallest absolute Gasteiger partial charge is 0.0728 e. The van der Waals surface area contributed by atoms with Gasteiger partial charge in [-0.05, 0) is 132 Å². The number of hydrogen-bond donors (Lipinski definition) is 3. The van der Waals surface area contributed by atoms with Crippen molar-refractivity contribution in [1.82, 2.24) is 0 Å². The SMILES string of the molecule is C=C1/C=C\C=C(/C)c2ccccc2Nc2ccccc2C12c1ccc(-c3ccc4c5ccccc5c5ccccc5c4c3)cc1-c1c(C(=N)/C=C(\N)c3ccccc3)cccc12.Cc1ccccc1. The molecule has 1 spiro atoms. The van der Waals surface area contributed by atoms with Gasteiger partial charge < -0.3 is 16.5 Å². The molecule has 69 heavy (non-hydrogen) atoms. The third kappa shape index (κ3) is 7.46. The average Bonchev–Trinajstić information content (AvgIpc) is 3.69. The minimum atomic E-state index is -0.812. The molecule has 10 aromatic carbocycles. The Balaban J connectivity index is 0.000000685. The maximum atomic E-state index is 9.73. The lowest BCUT2D eigenvalue weighted by Crippen LogP contribution is -2.29. The molecule has 330 valence electrons. The Morgan fingerprint density at radius 2 is 1.09 bits per heavy atom. The lowest BCUT2D eigenvalue weighted by molar-refractivity contribution is 0.772. The topological polar surface area (TPSA) is 61.9 Å². The van der Waals surface area contributed by atoms with Crippen molar-refractivity contribution < 1.29 is 0 Å². The van der Waals surface area contributed by atoms with E-state index < -0.39 is 5.41 Å². The van der Waals surface area contributed by atoms with E-state index in [0.29, 0.717) is 11.4 Å². The maximum Gasteiger partial charge on any atom is 0.0728 e. The van der Waals surface area contributed by atoms with E-state index in [-0.39, 0.29) is 0 Å². The van der Waals surface area contributed by atoms with Crippen molar-refractivity contribution in [2.45, 2.75) is 19.3 Å². The van der Waals surface area contributed by atoms with E-state index in [4.69, 9.17) is 12.3 Å². The maximum absolute atomic E-state index is 9.73. The van der Waals surface area contributed by atoms with Gasteiger partial charge in [0.1, 0.15) is 0 Å². The fourth-order valence-electron chi connectivity index (χ4n) is 10.7. The molecular weight excluding hydrogens is 835 g/mol. The summed E-state index contributed by atoms with van der Waals surface area (Å²) in [4.78, 5) is 0. The second-order valence-electron chi connectivity index (χ2n) is 18.1. The second-order valence-corrected chi connectivity index (χ2v) is 18.1. The lowest BCUT2D eigenvalue weighted by atomic mass is 9.66. The molecule has 10 aromatic rings. The standard InChI is InChI=1S/C59H43N3.C7H8/c1-37-16-14-17-38(2)59(52-26-11-13-29-57(52)62-56-28-12-10-20-42(37)56)51-33-31-41(40-30-32-47-45-23-7-6-21-43(45)44-22-8-9-24-46(44)49(47)34-40)35-50(51)58-48(25-15-27-53(58)59)55(61)36-54(60)39-18-4-3-5-19-39;1-7-5-3-2-4-6-7/h3-36,61-62H,2,60H2,1H3;2-6H,1H3/b17-14-,37-16+,54-36-,61-55?;. The van der Waals surface area contributed by atoms with Gasteiger partial charge in [0.15, 0.2) is 0 Å². The van der Waals surface area contributed by atoms with Gasteiger partial charge in [0.2, 0.25) is 0 Å². The molecule has 0 radical (unpaired) electrons. The van der Waals surface area contributed by atoms with Gasteiger partial charge in [-0.1, -0.05) is 218 Å². The van der Waals surface area contributed by atoms with Crippen LogP contribution in [0.3, 0.4) is 0 Å². The van der Waals surface area contributed by atoms with Crippen LogP contribution in [0.25, 0.3) is 65.8 Å². The first kappa shape index (κ1) is 42.8. The number of rotatable bonds is 4. The minimum absolute atomic E-state index is 0.345. The van der Waals surface area contributed by atoms with E-state index in [1.807, 2.05) is 48.5 Å². The number of anilines is 2. The molecule has 0 saturated heterocycles. The predicted molar refractivity (Wildman–Crippen MR) is 294 cm³/mol. The average molecular weight is 886 g/mol. The van der Waals surface area contributed by atoms with Crippen LogP contribution < -0.4 is 11.1 Å². The van der Waals surface area contributed by atoms with Crippen LogP contribution in [0.5, 0.6) is 0 Å². The number of benzene rings is 10. The van der Waals surface area contributed by atoms with Crippen molar-refractivity contribution in [3.05, 3.63) is 288 Å². The first-order chi connectivity index (χ1) is 33.8. The quantitative estimate of drug-likeness (QED) is 0.122. The van der Waals surface area contributed by atoms with Gasteiger partial charge >= 0.3 is 0 Å². The van der Waals surface area contributed by atoms with Crippen LogP contribution in [0.2, 0.25) is 0 Å². The number of aryl methyl sites for hydroxylation is 1. The molecule has 4 N–H and O–H groups in total. The molecular formula is C66H51N3. The Bertz CT molecular complexity index is 3730. The molecule has 12 rings (SSSR count). The molecule has 1 unspecified atom stereocenters. The van der Waals surface area contributed by atoms with Crippen LogP contribution in [0.4, 0.5) is 11.4 Å². The second kappa shape index (κ2) is 17.8. The summed E-state index contributed by atoms with van der Waals surface area (Å²) in [6.45, 7) is 9.16. The van der Waals surface area contributed by atoms with Crippen molar-refractivity contribution in [2.75, 3.05) is 5.32 Å². The van der Waals surface area contributed by atoms with E-state index in [1.165, 1.54) is 37.9 Å². The highest BCUT2D eigenvalue weighted by molar-refractivity contribution is 6.26. The van der Waals surface area contributed by atoms with Crippen LogP contribution in [0.1, 0.15) is 45.9 Å². The Kier molecular flexibility index (Phi) is 11.0. The van der Waals surface area contributed by atoms with Crippen molar-refractivity contribution in [2.24, 2.45) is 5.73 Å². The third-order valence-electron chi connectivity index (χ3n) is 14.0. The van der Waals surface area contributed by atoms with Crippen molar-refractivity contribution in [3.63, 3.8) is 0 Å². The molecule has 1 atom stereocenters. The number of nitrogens with one attached hydrogen (secondary N) is 2. The molecule has 3 nitrogen and oxygen atoms in total. The van der Waals surface area contributed by atoms with Gasteiger partial charge in [-0.3, -0.25) is 0 Å². The summed E-state index contributed by atoms with van der Waals surface area (Å²) in [5, 5.41) is 21.1. The summed E-state index contributed by atoms with van der Waals surface area (Å²) < 4.78 is 0. The normalized spacial score (nSPS) is 16.2. The van der Waals surface area contributed by atoms with Crippen LogP contribution >= 0.6 is 0 Å². The zero-order chi connectivity index (χ0) is 47.1. The fourth-order valence-corrected chi connectivity index (χ4v) is 10.7. The minimum Gasteiger partial charge on any atom is -0.398 e. The van der Waals surface area contributed by atoms with Crippen LogP contribution in [0.15, 0.2) is 249 Å². The molecule has 2 aliphatic rings. The Hall–Kier alpha value is -8.79. The van der Waals surface area contributed by atoms with E-state index in [9.17, 15) is 5.41 Å². The Labute approximate surface area is 404 Å². The van der Waals surface area contributed by atoms with Crippen molar-refractivity contribution >= 4 is 60.7 Å². The monoisotopic (exact) mass is 885 g/mol. The molecule has 0 amide bonds. The first-order valence-corrected chi connectivity index (χ1v) is 23.6. The number of para-hydroxylation sites is 2. The van der Waals surface area contributed by atoms with Crippen molar-refractivity contribution in [1.29, 1.82) is 5.41 Å².